The zero-order chi connectivity index (χ0) is 30.6. The molecular weight excluding hydrogens is 574 g/mol. The number of amides is 2. The summed E-state index contributed by atoms with van der Waals surface area (Å²) in [6.45, 7) is 5.07. The average molecular weight is 612 g/mol. The summed E-state index contributed by atoms with van der Waals surface area (Å²) in [6.07, 6.45) is 2.07. The zero-order valence-corrected chi connectivity index (χ0v) is 25.7. The Morgan fingerprint density at radius 1 is 1.07 bits per heavy atom. The summed E-state index contributed by atoms with van der Waals surface area (Å²) in [5.74, 6) is 1.81. The summed E-state index contributed by atoms with van der Waals surface area (Å²) in [5, 5.41) is 33.0. The van der Waals surface area contributed by atoms with Gasteiger partial charge in [0.25, 0.3) is 11.8 Å². The van der Waals surface area contributed by atoms with Crippen LogP contribution in [0.4, 0.5) is 5.82 Å². The van der Waals surface area contributed by atoms with E-state index in [1.54, 1.807) is 48.7 Å². The fraction of sp³-hybridized carbons (Fsp3) is 0.364. The van der Waals surface area contributed by atoms with Gasteiger partial charge in [-0.05, 0) is 73.0 Å². The molecule has 1 aliphatic heterocycles. The molecule has 2 aromatic carbocycles. The molecule has 3 heterocycles. The van der Waals surface area contributed by atoms with E-state index in [0.717, 1.165) is 52.6 Å². The van der Waals surface area contributed by atoms with Crippen molar-refractivity contribution in [3.8, 4) is 17.0 Å². The molecule has 228 valence electrons. The minimum Gasteiger partial charge on any atom is -0.508 e. The molecule has 4 unspecified atom stereocenters. The van der Waals surface area contributed by atoms with Gasteiger partial charge < -0.3 is 26.4 Å². The molecule has 1 saturated heterocycles. The van der Waals surface area contributed by atoms with E-state index in [0.29, 0.717) is 47.9 Å². The van der Waals surface area contributed by atoms with Crippen LogP contribution in [-0.4, -0.2) is 58.8 Å². The highest BCUT2D eigenvalue weighted by Crippen LogP contribution is 2.49. The Morgan fingerprint density at radius 3 is 2.73 bits per heavy atom. The Balaban J connectivity index is 1.05. The van der Waals surface area contributed by atoms with E-state index >= 15 is 0 Å². The number of anilines is 1. The number of nitrogens with zero attached hydrogens (tertiary/aromatic N) is 3. The smallest absolute Gasteiger partial charge is 0.254 e. The van der Waals surface area contributed by atoms with Crippen molar-refractivity contribution in [2.24, 2.45) is 11.8 Å². The van der Waals surface area contributed by atoms with Gasteiger partial charge >= 0.3 is 0 Å². The zero-order valence-electron chi connectivity index (χ0n) is 24.8. The molecule has 2 fully saturated rings. The van der Waals surface area contributed by atoms with E-state index in [9.17, 15) is 14.7 Å². The first-order valence-corrected chi connectivity index (χ1v) is 15.9. The number of carbonyl (C=O) groups excluding carboxylic acids is 2. The maximum atomic E-state index is 13.1. The van der Waals surface area contributed by atoms with Crippen molar-refractivity contribution in [1.82, 2.24) is 31.1 Å². The number of phenolic OH excluding ortho intramolecular Hbond substituents is 1. The average Bonchev–Trinajstić information content (AvgIpc) is 3.39. The number of benzene rings is 2. The molecule has 44 heavy (non-hydrogen) atoms. The van der Waals surface area contributed by atoms with Crippen LogP contribution in [0.25, 0.3) is 11.3 Å². The Hall–Kier alpha value is -4.35. The molecule has 0 spiro atoms. The predicted octanol–water partition coefficient (Wildman–Crippen LogP) is 4.52. The maximum absolute atomic E-state index is 13.1. The fourth-order valence-corrected chi connectivity index (χ4v) is 6.93. The molecule has 11 heteroatoms. The summed E-state index contributed by atoms with van der Waals surface area (Å²) < 4.78 is 0. The summed E-state index contributed by atoms with van der Waals surface area (Å²) in [7, 11) is 1.60. The number of hydrogen-bond acceptors (Lipinski definition) is 9. The summed E-state index contributed by atoms with van der Waals surface area (Å²) in [5.41, 5.74) is 3.74. The fourth-order valence-electron chi connectivity index (χ4n) is 6.02. The lowest BCUT2D eigenvalue weighted by Gasteiger charge is -2.14. The van der Waals surface area contributed by atoms with Gasteiger partial charge in [-0.2, -0.15) is 0 Å². The van der Waals surface area contributed by atoms with E-state index in [2.05, 4.69) is 44.5 Å². The topological polar surface area (TPSA) is 141 Å². The molecule has 2 aliphatic rings. The van der Waals surface area contributed by atoms with E-state index < -0.39 is 0 Å². The first-order valence-electron chi connectivity index (χ1n) is 15.1. The maximum Gasteiger partial charge on any atom is 0.254 e. The highest BCUT2D eigenvalue weighted by atomic mass is 32.1. The van der Waals surface area contributed by atoms with Crippen molar-refractivity contribution in [2.75, 3.05) is 32.0 Å². The van der Waals surface area contributed by atoms with Crippen LogP contribution in [0.2, 0.25) is 0 Å². The normalized spacial score (nSPS) is 19.7. The second-order valence-corrected chi connectivity index (χ2v) is 12.6. The van der Waals surface area contributed by atoms with Crippen LogP contribution in [-0.2, 0) is 6.54 Å². The van der Waals surface area contributed by atoms with Crippen LogP contribution < -0.4 is 21.3 Å². The second kappa shape index (κ2) is 13.1. The lowest BCUT2D eigenvalue weighted by Crippen LogP contribution is -2.24. The Labute approximate surface area is 260 Å². The molecule has 10 nitrogen and oxygen atoms in total. The SMILES string of the molecule is CNC(=O)c1ccc(-c2cccc(O)c2)nc1NCC1CC1C(C)c1nnc(CNC(=O)c2ccccc2C2CCNC2)s1. The molecule has 2 aromatic heterocycles. The molecule has 4 aromatic rings. The minimum absolute atomic E-state index is 0.0801. The molecule has 0 radical (unpaired) electrons. The number of carbonyl (C=O) groups is 2. The first kappa shape index (κ1) is 29.7. The second-order valence-electron chi connectivity index (χ2n) is 11.5. The third kappa shape index (κ3) is 6.58. The molecule has 5 N–H and O–H groups in total. The summed E-state index contributed by atoms with van der Waals surface area (Å²) in [6, 6.07) is 18.3. The Bertz CT molecular complexity index is 1650. The van der Waals surface area contributed by atoms with Gasteiger partial charge in [-0.15, -0.1) is 10.2 Å². The van der Waals surface area contributed by atoms with Gasteiger partial charge in [-0.3, -0.25) is 9.59 Å². The molecule has 1 aliphatic carbocycles. The quantitative estimate of drug-likeness (QED) is 0.167. The third-order valence-electron chi connectivity index (χ3n) is 8.64. The third-order valence-corrected chi connectivity index (χ3v) is 9.76. The van der Waals surface area contributed by atoms with Crippen LogP contribution in [0.15, 0.2) is 60.7 Å². The van der Waals surface area contributed by atoms with Gasteiger partial charge in [-0.25, -0.2) is 4.98 Å². The van der Waals surface area contributed by atoms with Crippen LogP contribution in [0.3, 0.4) is 0 Å². The Kier molecular flexibility index (Phi) is 8.85. The largest absolute Gasteiger partial charge is 0.508 e. The van der Waals surface area contributed by atoms with Crippen LogP contribution in [0.5, 0.6) is 5.75 Å². The molecule has 4 atom stereocenters. The minimum atomic E-state index is -0.212. The van der Waals surface area contributed by atoms with Crippen molar-refractivity contribution in [3.63, 3.8) is 0 Å². The lowest BCUT2D eigenvalue weighted by molar-refractivity contribution is 0.0945. The van der Waals surface area contributed by atoms with Crippen molar-refractivity contribution < 1.29 is 14.7 Å². The first-order chi connectivity index (χ1) is 21.4. The number of pyridine rings is 1. The number of nitrogens with one attached hydrogen (secondary N) is 4. The number of hydrogen-bond donors (Lipinski definition) is 5. The molecular formula is C33H37N7O3S. The van der Waals surface area contributed by atoms with Gasteiger partial charge in [-0.1, -0.05) is 48.6 Å². The highest BCUT2D eigenvalue weighted by Gasteiger charge is 2.42. The van der Waals surface area contributed by atoms with Gasteiger partial charge in [0, 0.05) is 37.2 Å². The van der Waals surface area contributed by atoms with Crippen LogP contribution >= 0.6 is 11.3 Å². The van der Waals surface area contributed by atoms with Crippen LogP contribution in [0.1, 0.15) is 67.9 Å². The molecule has 0 bridgehead atoms. The van der Waals surface area contributed by atoms with E-state index in [1.165, 1.54) is 0 Å². The monoisotopic (exact) mass is 611 g/mol. The number of aromatic hydroxyl groups is 1. The van der Waals surface area contributed by atoms with Gasteiger partial charge in [0.05, 0.1) is 17.8 Å². The van der Waals surface area contributed by atoms with Crippen molar-refractivity contribution in [1.29, 1.82) is 0 Å². The predicted molar refractivity (Wildman–Crippen MR) is 171 cm³/mol. The number of aromatic nitrogens is 3. The van der Waals surface area contributed by atoms with Gasteiger partial charge in [0.2, 0.25) is 0 Å². The van der Waals surface area contributed by atoms with Crippen molar-refractivity contribution in [2.45, 2.75) is 38.1 Å². The summed E-state index contributed by atoms with van der Waals surface area (Å²) in [4.78, 5) is 30.3. The van der Waals surface area contributed by atoms with Crippen LogP contribution in [0, 0.1) is 11.8 Å². The molecule has 2 amide bonds. The number of phenols is 1. The van der Waals surface area contributed by atoms with E-state index in [1.807, 2.05) is 24.3 Å². The standard InChI is InChI=1S/C33H37N7O3S/c1-19(33-40-39-29(44-33)18-37-32(43)25-9-4-3-8-24(25)21-12-13-35-16-21)27-15-22(27)17-36-30-26(31(42)34-2)10-11-28(38-30)20-6-5-7-23(41)14-20/h3-11,14,19,21-22,27,35,41H,12-13,15-18H2,1-2H3,(H,34,42)(H,36,38)(H,37,43). The molecule has 6 rings (SSSR count). The lowest BCUT2D eigenvalue weighted by atomic mass is 9.93. The van der Waals surface area contributed by atoms with E-state index in [4.69, 9.17) is 4.98 Å². The number of rotatable bonds is 11. The van der Waals surface area contributed by atoms with Crippen molar-refractivity contribution in [3.05, 3.63) is 87.4 Å². The van der Waals surface area contributed by atoms with Gasteiger partial charge in [0.15, 0.2) is 0 Å². The Morgan fingerprint density at radius 2 is 1.93 bits per heavy atom. The van der Waals surface area contributed by atoms with Crippen molar-refractivity contribution >= 4 is 29.0 Å². The summed E-state index contributed by atoms with van der Waals surface area (Å²) >= 11 is 1.55. The van der Waals surface area contributed by atoms with Gasteiger partial charge in [0.1, 0.15) is 21.6 Å². The molecule has 1 saturated carbocycles. The highest BCUT2D eigenvalue weighted by molar-refractivity contribution is 7.11. The van der Waals surface area contributed by atoms with E-state index in [-0.39, 0.29) is 23.5 Å².